The van der Waals surface area contributed by atoms with Crippen molar-refractivity contribution in [2.45, 2.75) is 10.4 Å². The molecule has 0 aromatic heterocycles. The summed E-state index contributed by atoms with van der Waals surface area (Å²) in [6, 6.07) is 4.05. The molecule has 0 aliphatic carbocycles. The molecule has 0 radical (unpaired) electrons. The topological polar surface area (TPSA) is 37.3 Å². The fourth-order valence-corrected chi connectivity index (χ4v) is 1.35. The van der Waals surface area contributed by atoms with Gasteiger partial charge in [-0.2, -0.15) is 13.2 Å². The van der Waals surface area contributed by atoms with Gasteiger partial charge in [0.2, 0.25) is 0 Å². The lowest BCUT2D eigenvalue weighted by Crippen LogP contribution is -2.15. The number of hydrogen-bond donors (Lipinski definition) is 1. The maximum absolute atomic E-state index is 11.9. The lowest BCUT2D eigenvalue weighted by molar-refractivity contribution is -0.0384. The highest BCUT2D eigenvalue weighted by atomic mass is 32.2. The van der Waals surface area contributed by atoms with Gasteiger partial charge in [0, 0.05) is 4.90 Å². The molecule has 0 aliphatic rings. The summed E-state index contributed by atoms with van der Waals surface area (Å²) in [4.78, 5) is -0.370. The first-order chi connectivity index (χ1) is 5.91. The molecular weight excluding hydrogens is 205 g/mol. The lowest BCUT2D eigenvalue weighted by Gasteiger charge is -2.05. The molecule has 0 fully saturated rings. The Labute approximate surface area is 74.5 Å². The largest absolute Gasteiger partial charge is 0.508 e. The smallest absolute Gasteiger partial charge is 0.475 e. The van der Waals surface area contributed by atoms with Crippen molar-refractivity contribution in [3.8, 4) is 5.75 Å². The van der Waals surface area contributed by atoms with E-state index in [4.69, 9.17) is 5.11 Å². The Morgan fingerprint density at radius 2 is 1.62 bits per heavy atom. The summed E-state index contributed by atoms with van der Waals surface area (Å²) in [5, 5.41) is 8.76. The fraction of sp³-hybridized carbons (Fsp3) is 0.143. The molecule has 0 saturated carbocycles. The Balaban J connectivity index is 2.97. The fourth-order valence-electron chi connectivity index (χ4n) is 0.703. The molecule has 72 valence electrons. The van der Waals surface area contributed by atoms with Crippen LogP contribution in [-0.4, -0.2) is 14.8 Å². The summed E-state index contributed by atoms with van der Waals surface area (Å²) >= 11 is 0. The van der Waals surface area contributed by atoms with E-state index in [1.807, 2.05) is 0 Å². The van der Waals surface area contributed by atoms with Crippen molar-refractivity contribution in [2.24, 2.45) is 0 Å². The third-order valence-electron chi connectivity index (χ3n) is 1.26. The molecule has 0 saturated heterocycles. The van der Waals surface area contributed by atoms with Gasteiger partial charge in [0.15, 0.2) is 10.8 Å². The van der Waals surface area contributed by atoms with Crippen LogP contribution in [0.1, 0.15) is 0 Å². The molecule has 1 rings (SSSR count). The van der Waals surface area contributed by atoms with Crippen LogP contribution in [0.2, 0.25) is 0 Å². The third kappa shape index (κ3) is 2.45. The second-order valence-corrected chi connectivity index (χ2v) is 3.68. The standard InChI is InChI=1S/C7H5F3O2S/c8-7(9,10)13(12)6-3-1-5(11)2-4-6/h1-4,11H. The highest BCUT2D eigenvalue weighted by Crippen LogP contribution is 2.26. The van der Waals surface area contributed by atoms with E-state index in [0.29, 0.717) is 0 Å². The Kier molecular flexibility index (Phi) is 2.60. The van der Waals surface area contributed by atoms with Crippen molar-refractivity contribution in [1.29, 1.82) is 0 Å². The van der Waals surface area contributed by atoms with Crippen molar-refractivity contribution in [1.82, 2.24) is 0 Å². The van der Waals surface area contributed by atoms with E-state index in [2.05, 4.69) is 0 Å². The molecule has 2 nitrogen and oxygen atoms in total. The summed E-state index contributed by atoms with van der Waals surface area (Å²) < 4.78 is 46.3. The number of hydrogen-bond acceptors (Lipinski definition) is 2. The minimum Gasteiger partial charge on any atom is -0.508 e. The summed E-state index contributed by atoms with van der Waals surface area (Å²) in [5.74, 6) is -0.164. The number of phenols is 1. The number of aromatic hydroxyl groups is 1. The first kappa shape index (κ1) is 10.0. The number of alkyl halides is 3. The van der Waals surface area contributed by atoms with Crippen molar-refractivity contribution >= 4 is 10.8 Å². The first-order valence-electron chi connectivity index (χ1n) is 3.19. The molecule has 0 bridgehead atoms. The highest BCUT2D eigenvalue weighted by Gasteiger charge is 2.37. The predicted molar refractivity (Wildman–Crippen MR) is 40.6 cm³/mol. The van der Waals surface area contributed by atoms with Crippen molar-refractivity contribution in [3.63, 3.8) is 0 Å². The van der Waals surface area contributed by atoms with E-state index < -0.39 is 16.3 Å². The van der Waals surface area contributed by atoms with Gasteiger partial charge in [-0.05, 0) is 24.3 Å². The molecule has 0 amide bonds. The van der Waals surface area contributed by atoms with Crippen LogP contribution < -0.4 is 0 Å². The van der Waals surface area contributed by atoms with Gasteiger partial charge < -0.3 is 5.11 Å². The molecule has 13 heavy (non-hydrogen) atoms. The average Bonchev–Trinajstić information content (AvgIpc) is 2.03. The van der Waals surface area contributed by atoms with Gasteiger partial charge in [0.1, 0.15) is 5.75 Å². The molecule has 0 aliphatic heterocycles. The maximum atomic E-state index is 11.9. The van der Waals surface area contributed by atoms with Gasteiger partial charge in [-0.25, -0.2) is 4.21 Å². The minimum atomic E-state index is -4.75. The molecule has 1 aromatic carbocycles. The molecule has 1 aromatic rings. The van der Waals surface area contributed by atoms with Gasteiger partial charge >= 0.3 is 5.51 Å². The van der Waals surface area contributed by atoms with Gasteiger partial charge in [0.25, 0.3) is 0 Å². The zero-order valence-corrected chi connectivity index (χ0v) is 7.02. The van der Waals surface area contributed by atoms with Crippen molar-refractivity contribution in [2.75, 3.05) is 0 Å². The Morgan fingerprint density at radius 3 is 2.00 bits per heavy atom. The minimum absolute atomic E-state index is 0.164. The lowest BCUT2D eigenvalue weighted by atomic mass is 10.3. The molecule has 1 atom stereocenters. The highest BCUT2D eigenvalue weighted by molar-refractivity contribution is 7.86. The van der Waals surface area contributed by atoms with E-state index in [0.717, 1.165) is 24.3 Å². The van der Waals surface area contributed by atoms with Gasteiger partial charge in [-0.3, -0.25) is 0 Å². The second kappa shape index (κ2) is 3.37. The van der Waals surface area contributed by atoms with Gasteiger partial charge in [-0.15, -0.1) is 0 Å². The van der Waals surface area contributed by atoms with Crippen LogP contribution in [0.25, 0.3) is 0 Å². The summed E-state index contributed by atoms with van der Waals surface area (Å²) in [5.41, 5.74) is -4.75. The van der Waals surface area contributed by atoms with Crippen LogP contribution in [-0.2, 0) is 10.8 Å². The van der Waals surface area contributed by atoms with Crippen molar-refractivity contribution in [3.05, 3.63) is 24.3 Å². The molecule has 0 heterocycles. The SMILES string of the molecule is O=S(c1ccc(O)cc1)C(F)(F)F. The van der Waals surface area contributed by atoms with E-state index in [1.54, 1.807) is 0 Å². The molecule has 1 N–H and O–H groups in total. The summed E-state index contributed by atoms with van der Waals surface area (Å²) in [7, 11) is -3.02. The Bertz CT molecular complexity index is 318. The Hall–Kier alpha value is -1.04. The third-order valence-corrected chi connectivity index (χ3v) is 2.38. The molecule has 0 spiro atoms. The summed E-state index contributed by atoms with van der Waals surface area (Å²) in [6.07, 6.45) is 0. The molecule has 1 unspecified atom stereocenters. The number of halogens is 3. The van der Waals surface area contributed by atoms with Crippen LogP contribution in [0.5, 0.6) is 5.75 Å². The van der Waals surface area contributed by atoms with Crippen LogP contribution in [0.4, 0.5) is 13.2 Å². The Morgan fingerprint density at radius 1 is 1.15 bits per heavy atom. The quantitative estimate of drug-likeness (QED) is 0.769. The maximum Gasteiger partial charge on any atom is 0.475 e. The number of rotatable bonds is 1. The molecule has 6 heteroatoms. The second-order valence-electron chi connectivity index (χ2n) is 2.21. The molecular formula is C7H5F3O2S. The van der Waals surface area contributed by atoms with E-state index >= 15 is 0 Å². The van der Waals surface area contributed by atoms with Crippen LogP contribution >= 0.6 is 0 Å². The van der Waals surface area contributed by atoms with Crippen LogP contribution in [0.3, 0.4) is 0 Å². The van der Waals surface area contributed by atoms with Crippen LogP contribution in [0, 0.1) is 0 Å². The zero-order valence-electron chi connectivity index (χ0n) is 6.21. The zero-order chi connectivity index (χ0) is 10.1. The van der Waals surface area contributed by atoms with E-state index in [1.165, 1.54) is 0 Å². The average molecular weight is 210 g/mol. The normalized spacial score (nSPS) is 14.1. The van der Waals surface area contributed by atoms with E-state index in [-0.39, 0.29) is 10.6 Å². The monoisotopic (exact) mass is 210 g/mol. The van der Waals surface area contributed by atoms with Crippen molar-refractivity contribution < 1.29 is 22.5 Å². The van der Waals surface area contributed by atoms with E-state index in [9.17, 15) is 17.4 Å². The van der Waals surface area contributed by atoms with Gasteiger partial charge in [-0.1, -0.05) is 0 Å². The first-order valence-corrected chi connectivity index (χ1v) is 4.34. The number of benzene rings is 1. The predicted octanol–water partition coefficient (Wildman–Crippen LogP) is 2.02. The van der Waals surface area contributed by atoms with Gasteiger partial charge in [0.05, 0.1) is 0 Å². The van der Waals surface area contributed by atoms with Crippen LogP contribution in [0.15, 0.2) is 29.2 Å². The number of phenolic OH excluding ortho intramolecular Hbond substituents is 1. The summed E-state index contributed by atoms with van der Waals surface area (Å²) in [6.45, 7) is 0.